The minimum atomic E-state index is 0.0126. The third-order valence-electron chi connectivity index (χ3n) is 8.93. The molecule has 0 bridgehead atoms. The van der Waals surface area contributed by atoms with Crippen LogP contribution in [0.5, 0.6) is 0 Å². The van der Waals surface area contributed by atoms with Gasteiger partial charge in [-0.15, -0.1) is 0 Å². The van der Waals surface area contributed by atoms with Gasteiger partial charge in [0.25, 0.3) is 0 Å². The zero-order chi connectivity index (χ0) is 34.3. The average Bonchev–Trinajstić information content (AvgIpc) is 3.06. The zero-order valence-corrected chi connectivity index (χ0v) is 32.2. The second-order valence-electron chi connectivity index (χ2n) is 14.1. The van der Waals surface area contributed by atoms with E-state index in [9.17, 15) is 4.79 Å². The molecule has 47 heavy (non-hydrogen) atoms. The number of esters is 1. The molecule has 0 unspecified atom stereocenters. The van der Waals surface area contributed by atoms with Gasteiger partial charge in [-0.1, -0.05) is 101 Å². The maximum Gasteiger partial charge on any atom is 0.306 e. The molecule has 0 N–H and O–H groups in total. The molecule has 0 heterocycles. The van der Waals surface area contributed by atoms with Crippen molar-refractivity contribution in [1.82, 2.24) is 4.90 Å². The van der Waals surface area contributed by atoms with Crippen LogP contribution in [0.25, 0.3) is 0 Å². The Bertz CT molecular complexity index is 702. The highest BCUT2D eigenvalue weighted by molar-refractivity contribution is 5.69. The van der Waals surface area contributed by atoms with Crippen molar-refractivity contribution in [2.75, 3.05) is 20.6 Å². The number of carbonyl (C=O) groups excluding carboxylic acids is 1. The maximum absolute atomic E-state index is 12.6. The summed E-state index contributed by atoms with van der Waals surface area (Å²) in [6.07, 6.45) is 54.0. The number of allylic oxidation sites excluding steroid dienone is 8. The molecule has 3 nitrogen and oxygen atoms in total. The molecule has 0 spiro atoms. The van der Waals surface area contributed by atoms with E-state index in [1.54, 1.807) is 0 Å². The summed E-state index contributed by atoms with van der Waals surface area (Å²) < 4.78 is 6.02. The normalized spacial score (nSPS) is 12.4. The molecule has 0 amide bonds. The van der Waals surface area contributed by atoms with Gasteiger partial charge in [0.15, 0.2) is 0 Å². The van der Waals surface area contributed by atoms with Crippen LogP contribution in [-0.4, -0.2) is 37.6 Å². The fraction of sp³-hybridized carbons (Fsp3) is 0.795. The Morgan fingerprint density at radius 3 is 1.15 bits per heavy atom. The second kappa shape index (κ2) is 38.8. The molecule has 274 valence electrons. The largest absolute Gasteiger partial charge is 0.462 e. The summed E-state index contributed by atoms with van der Waals surface area (Å²) in [5.74, 6) is 0.0126. The highest BCUT2D eigenvalue weighted by Crippen LogP contribution is 2.17. The molecule has 0 atom stereocenters. The molecule has 0 radical (unpaired) electrons. The van der Waals surface area contributed by atoms with Crippen molar-refractivity contribution in [2.45, 2.75) is 206 Å². The number of ether oxygens (including phenoxy) is 1. The number of rotatable bonds is 36. The van der Waals surface area contributed by atoms with E-state index in [1.165, 1.54) is 141 Å². The summed E-state index contributed by atoms with van der Waals surface area (Å²) in [7, 11) is 4.18. The van der Waals surface area contributed by atoms with Gasteiger partial charge in [0, 0.05) is 6.42 Å². The minimum absolute atomic E-state index is 0.0126. The Kier molecular flexibility index (Phi) is 37.5. The molecule has 0 aromatic rings. The van der Waals surface area contributed by atoms with E-state index in [-0.39, 0.29) is 12.1 Å². The van der Waals surface area contributed by atoms with Gasteiger partial charge in [-0.2, -0.15) is 0 Å². The molecule has 3 heteroatoms. The van der Waals surface area contributed by atoms with E-state index in [2.05, 4.69) is 81.5 Å². The molecular weight excluding hydrogens is 574 g/mol. The Balaban J connectivity index is 4.09. The van der Waals surface area contributed by atoms with Crippen LogP contribution >= 0.6 is 0 Å². The summed E-state index contributed by atoms with van der Waals surface area (Å²) in [6.45, 7) is 5.57. The van der Waals surface area contributed by atoms with Crippen LogP contribution in [-0.2, 0) is 9.53 Å². The number of hydrogen-bond acceptors (Lipinski definition) is 3. The van der Waals surface area contributed by atoms with Gasteiger partial charge in [0.1, 0.15) is 6.10 Å². The second-order valence-corrected chi connectivity index (χ2v) is 14.1. The van der Waals surface area contributed by atoms with Crippen molar-refractivity contribution in [3.63, 3.8) is 0 Å². The maximum atomic E-state index is 12.6. The van der Waals surface area contributed by atoms with Gasteiger partial charge >= 0.3 is 5.97 Å². The van der Waals surface area contributed by atoms with E-state index in [0.717, 1.165) is 45.1 Å². The van der Waals surface area contributed by atoms with Crippen molar-refractivity contribution in [1.29, 1.82) is 0 Å². The van der Waals surface area contributed by atoms with E-state index < -0.39 is 0 Å². The van der Waals surface area contributed by atoms with Gasteiger partial charge in [-0.25, -0.2) is 0 Å². The highest BCUT2D eigenvalue weighted by atomic mass is 16.5. The monoisotopic (exact) mass is 656 g/mol. The fourth-order valence-corrected chi connectivity index (χ4v) is 5.84. The standard InChI is InChI=1S/C44H81NO2/c1-5-7-9-11-13-15-17-19-21-23-25-27-29-31-33-35-39-43(47-44(46)41-37-38-42-45(3)4)40-36-34-32-30-28-26-24-22-20-18-16-14-12-10-8-6-2/h13-16,25-28,43H,5-12,17-24,29-42H2,1-4H3/b15-13-,16-14-,27-25-,28-26-. The SMILES string of the molecule is CCCCC/C=C\CCCC/C=C\CCCCCC(CCCCC/C=C\CCCC/C=C\CCCCC)OC(=O)CCCCN(C)C. The van der Waals surface area contributed by atoms with Crippen molar-refractivity contribution in [3.05, 3.63) is 48.6 Å². The lowest BCUT2D eigenvalue weighted by Gasteiger charge is -2.18. The van der Waals surface area contributed by atoms with E-state index in [4.69, 9.17) is 4.74 Å². The predicted octanol–water partition coefficient (Wildman–Crippen LogP) is 14.0. The Morgan fingerprint density at radius 1 is 0.468 bits per heavy atom. The number of nitrogens with zero attached hydrogens (tertiary/aromatic N) is 1. The Labute approximate surface area is 295 Å². The first-order valence-electron chi connectivity index (χ1n) is 20.5. The number of carbonyl (C=O) groups is 1. The molecular formula is C44H81NO2. The number of hydrogen-bond donors (Lipinski definition) is 0. The molecule has 0 aliphatic carbocycles. The Hall–Kier alpha value is -1.61. The van der Waals surface area contributed by atoms with Crippen LogP contribution in [0.15, 0.2) is 48.6 Å². The lowest BCUT2D eigenvalue weighted by Crippen LogP contribution is -2.19. The predicted molar refractivity (Wildman–Crippen MR) is 210 cm³/mol. The van der Waals surface area contributed by atoms with Crippen molar-refractivity contribution in [2.24, 2.45) is 0 Å². The topological polar surface area (TPSA) is 29.5 Å². The van der Waals surface area contributed by atoms with Crippen LogP contribution in [0.4, 0.5) is 0 Å². The van der Waals surface area contributed by atoms with Crippen molar-refractivity contribution < 1.29 is 9.53 Å². The summed E-state index contributed by atoms with van der Waals surface area (Å²) in [4.78, 5) is 14.8. The first-order chi connectivity index (χ1) is 23.1. The lowest BCUT2D eigenvalue weighted by molar-refractivity contribution is -0.150. The van der Waals surface area contributed by atoms with E-state index >= 15 is 0 Å². The van der Waals surface area contributed by atoms with Gasteiger partial charge in [-0.05, 0) is 162 Å². The third kappa shape index (κ3) is 38.7. The molecule has 0 aromatic heterocycles. The lowest BCUT2D eigenvalue weighted by atomic mass is 10.0. The molecule has 0 fully saturated rings. The van der Waals surface area contributed by atoms with Crippen LogP contribution in [0.3, 0.4) is 0 Å². The quantitative estimate of drug-likeness (QED) is 0.0382. The van der Waals surface area contributed by atoms with Gasteiger partial charge in [0.2, 0.25) is 0 Å². The summed E-state index contributed by atoms with van der Waals surface area (Å²) in [6, 6.07) is 0. The Morgan fingerprint density at radius 2 is 0.809 bits per heavy atom. The van der Waals surface area contributed by atoms with Crippen molar-refractivity contribution >= 4 is 5.97 Å². The minimum Gasteiger partial charge on any atom is -0.462 e. The molecule has 0 aromatic carbocycles. The smallest absolute Gasteiger partial charge is 0.306 e. The van der Waals surface area contributed by atoms with Crippen molar-refractivity contribution in [3.8, 4) is 0 Å². The molecule has 0 aliphatic rings. The van der Waals surface area contributed by atoms with Crippen LogP contribution < -0.4 is 0 Å². The van der Waals surface area contributed by atoms with E-state index in [0.29, 0.717) is 6.42 Å². The molecule has 0 rings (SSSR count). The summed E-state index contributed by atoms with van der Waals surface area (Å²) in [5.41, 5.74) is 0. The summed E-state index contributed by atoms with van der Waals surface area (Å²) >= 11 is 0. The van der Waals surface area contributed by atoms with Gasteiger partial charge < -0.3 is 9.64 Å². The summed E-state index contributed by atoms with van der Waals surface area (Å²) in [5, 5.41) is 0. The highest BCUT2D eigenvalue weighted by Gasteiger charge is 2.14. The average molecular weight is 656 g/mol. The third-order valence-corrected chi connectivity index (χ3v) is 8.93. The number of unbranched alkanes of at least 4 members (excludes halogenated alkanes) is 19. The van der Waals surface area contributed by atoms with Crippen LogP contribution in [0, 0.1) is 0 Å². The first-order valence-corrected chi connectivity index (χ1v) is 20.5. The fourth-order valence-electron chi connectivity index (χ4n) is 5.84. The van der Waals surface area contributed by atoms with Gasteiger partial charge in [0.05, 0.1) is 0 Å². The van der Waals surface area contributed by atoms with Crippen LogP contribution in [0.2, 0.25) is 0 Å². The molecule has 0 saturated carbocycles. The molecule has 0 saturated heterocycles. The zero-order valence-electron chi connectivity index (χ0n) is 32.2. The van der Waals surface area contributed by atoms with E-state index in [1.807, 2.05) is 0 Å². The molecule has 0 aliphatic heterocycles. The van der Waals surface area contributed by atoms with Crippen LogP contribution in [0.1, 0.15) is 200 Å². The first kappa shape index (κ1) is 45.4. The van der Waals surface area contributed by atoms with Gasteiger partial charge in [-0.3, -0.25) is 4.79 Å².